The fourth-order valence-corrected chi connectivity index (χ4v) is 4.95. The molecule has 0 aromatic carbocycles. The zero-order chi connectivity index (χ0) is 21.9. The van der Waals surface area contributed by atoms with Gasteiger partial charge < -0.3 is 15.0 Å². The van der Waals surface area contributed by atoms with Crippen molar-refractivity contribution < 1.29 is 23.9 Å². The van der Waals surface area contributed by atoms with Crippen molar-refractivity contribution in [3.05, 3.63) is 0 Å². The predicted octanol–water partition coefficient (Wildman–Crippen LogP) is 1.72. The normalized spacial score (nSPS) is 28.0. The molecular weight excluding hydrogens is 388 g/mol. The molecule has 1 N–H and O–H groups in total. The lowest BCUT2D eigenvalue weighted by Gasteiger charge is -2.38. The third kappa shape index (κ3) is 3.87. The number of carbonyl (C=O) groups excluding carboxylic acids is 4. The molecular formula is C21H30N4O5. The van der Waals surface area contributed by atoms with Crippen LogP contribution in [0.4, 0.5) is 4.79 Å². The minimum absolute atomic E-state index is 0.00314. The largest absolute Gasteiger partial charge is 0.454 e. The average Bonchev–Trinajstić information content (AvgIpc) is 2.99. The average molecular weight is 418 g/mol. The number of rotatable bonds is 5. The van der Waals surface area contributed by atoms with Crippen LogP contribution >= 0.6 is 0 Å². The number of nitriles is 1. The number of ether oxygens (including phenoxy) is 1. The molecule has 1 saturated heterocycles. The van der Waals surface area contributed by atoms with Gasteiger partial charge >= 0.3 is 12.0 Å². The Balaban J connectivity index is 1.55. The molecule has 3 aliphatic rings. The Morgan fingerprint density at radius 1 is 1.20 bits per heavy atom. The number of carbonyl (C=O) groups is 4. The minimum atomic E-state index is -0.939. The summed E-state index contributed by atoms with van der Waals surface area (Å²) in [7, 11) is 1.55. The molecule has 1 spiro atoms. The van der Waals surface area contributed by atoms with Crippen LogP contribution in [-0.4, -0.2) is 64.9 Å². The summed E-state index contributed by atoms with van der Waals surface area (Å²) < 4.78 is 5.05. The third-order valence-electron chi connectivity index (χ3n) is 7.05. The van der Waals surface area contributed by atoms with Crippen LogP contribution in [0.1, 0.15) is 64.7 Å². The summed E-state index contributed by atoms with van der Waals surface area (Å²) >= 11 is 0. The number of hydrogen-bond acceptors (Lipinski definition) is 6. The highest BCUT2D eigenvalue weighted by Gasteiger charge is 2.55. The molecule has 2 aliphatic carbocycles. The second-order valence-corrected chi connectivity index (χ2v) is 8.76. The van der Waals surface area contributed by atoms with Crippen molar-refractivity contribution in [2.75, 3.05) is 20.2 Å². The molecule has 3 rings (SSSR count). The van der Waals surface area contributed by atoms with Gasteiger partial charge in [-0.2, -0.15) is 5.26 Å². The molecule has 164 valence electrons. The molecule has 1 heterocycles. The second kappa shape index (κ2) is 8.62. The van der Waals surface area contributed by atoms with Crippen molar-refractivity contribution >= 4 is 23.8 Å². The van der Waals surface area contributed by atoms with E-state index in [0.29, 0.717) is 19.3 Å². The summed E-state index contributed by atoms with van der Waals surface area (Å²) in [5.41, 5.74) is -1.80. The first-order valence-electron chi connectivity index (χ1n) is 10.7. The van der Waals surface area contributed by atoms with E-state index in [1.165, 1.54) is 4.90 Å². The Morgan fingerprint density at radius 2 is 1.87 bits per heavy atom. The van der Waals surface area contributed by atoms with Gasteiger partial charge in [-0.1, -0.05) is 39.0 Å². The van der Waals surface area contributed by atoms with Crippen LogP contribution in [0.5, 0.6) is 0 Å². The van der Waals surface area contributed by atoms with Gasteiger partial charge in [-0.25, -0.2) is 4.79 Å². The van der Waals surface area contributed by atoms with E-state index in [9.17, 15) is 24.4 Å². The lowest BCUT2D eigenvalue weighted by Crippen LogP contribution is -2.54. The smallest absolute Gasteiger partial charge is 0.326 e. The molecule has 2 atom stereocenters. The van der Waals surface area contributed by atoms with E-state index >= 15 is 0 Å². The molecule has 0 aromatic rings. The highest BCUT2D eigenvalue weighted by atomic mass is 16.5. The first-order chi connectivity index (χ1) is 14.3. The standard InChI is InChI=1S/C21H30N4O5/c1-15-8-4-7-11-21(15)18(28)25(19(29)23-21)12-17(27)30-13-16(26)24(2)20(14-22)9-5-3-6-10-20/h15H,3-13H2,1-2H3,(H,23,29)/t15-,21+/m0/s1. The molecule has 2 saturated carbocycles. The number of nitrogens with zero attached hydrogens (tertiary/aromatic N) is 3. The van der Waals surface area contributed by atoms with E-state index in [4.69, 9.17) is 4.74 Å². The molecule has 0 aromatic heterocycles. The SMILES string of the molecule is C[C@H]1CCCC[C@@]12NC(=O)N(CC(=O)OCC(=O)N(C)C1(C#N)CCCCC1)C2=O. The highest BCUT2D eigenvalue weighted by Crippen LogP contribution is 2.38. The van der Waals surface area contributed by atoms with Gasteiger partial charge in [-0.05, 0) is 31.6 Å². The number of likely N-dealkylation sites (N-methyl/N-ethyl adjacent to an activating group) is 1. The predicted molar refractivity (Wildman–Crippen MR) is 106 cm³/mol. The minimum Gasteiger partial charge on any atom is -0.454 e. The van der Waals surface area contributed by atoms with Crippen LogP contribution in [0.25, 0.3) is 0 Å². The van der Waals surface area contributed by atoms with Crippen molar-refractivity contribution in [1.82, 2.24) is 15.1 Å². The molecule has 4 amide bonds. The first kappa shape index (κ1) is 22.1. The lowest BCUT2D eigenvalue weighted by molar-refractivity contribution is -0.155. The molecule has 1 aliphatic heterocycles. The van der Waals surface area contributed by atoms with Crippen molar-refractivity contribution in [2.24, 2.45) is 5.92 Å². The van der Waals surface area contributed by atoms with Gasteiger partial charge in [0, 0.05) is 7.05 Å². The maximum atomic E-state index is 12.9. The lowest BCUT2D eigenvalue weighted by atomic mass is 9.73. The topological polar surface area (TPSA) is 120 Å². The molecule has 0 bridgehead atoms. The van der Waals surface area contributed by atoms with E-state index < -0.39 is 48.0 Å². The van der Waals surface area contributed by atoms with Crippen LogP contribution in [0.2, 0.25) is 0 Å². The van der Waals surface area contributed by atoms with Gasteiger partial charge in [0.05, 0.1) is 6.07 Å². The van der Waals surface area contributed by atoms with Crippen LogP contribution in [-0.2, 0) is 19.1 Å². The fourth-order valence-electron chi connectivity index (χ4n) is 4.95. The van der Waals surface area contributed by atoms with Crippen LogP contribution < -0.4 is 5.32 Å². The molecule has 9 nitrogen and oxygen atoms in total. The van der Waals surface area contributed by atoms with Crippen molar-refractivity contribution in [3.63, 3.8) is 0 Å². The van der Waals surface area contributed by atoms with E-state index in [1.807, 2.05) is 6.92 Å². The van der Waals surface area contributed by atoms with Crippen LogP contribution in [0, 0.1) is 17.2 Å². The van der Waals surface area contributed by atoms with E-state index in [0.717, 1.165) is 43.4 Å². The van der Waals surface area contributed by atoms with Crippen LogP contribution in [0.15, 0.2) is 0 Å². The molecule has 3 fully saturated rings. The molecule has 9 heteroatoms. The van der Waals surface area contributed by atoms with Crippen molar-refractivity contribution in [2.45, 2.75) is 75.8 Å². The maximum Gasteiger partial charge on any atom is 0.326 e. The summed E-state index contributed by atoms with van der Waals surface area (Å²) in [5, 5.41) is 12.4. The highest BCUT2D eigenvalue weighted by molar-refractivity contribution is 6.09. The number of imide groups is 1. The van der Waals surface area contributed by atoms with Crippen molar-refractivity contribution in [1.29, 1.82) is 5.26 Å². The quantitative estimate of drug-likeness (QED) is 0.536. The Kier molecular flexibility index (Phi) is 6.34. The Bertz CT molecular complexity index is 770. The van der Waals surface area contributed by atoms with E-state index in [-0.39, 0.29) is 5.92 Å². The van der Waals surface area contributed by atoms with Crippen LogP contribution in [0.3, 0.4) is 0 Å². The Hall–Kier alpha value is -2.63. The first-order valence-corrected chi connectivity index (χ1v) is 10.7. The number of amides is 4. The van der Waals surface area contributed by atoms with E-state index in [1.54, 1.807) is 7.05 Å². The van der Waals surface area contributed by atoms with Gasteiger partial charge in [0.25, 0.3) is 11.8 Å². The maximum absolute atomic E-state index is 12.9. The van der Waals surface area contributed by atoms with E-state index in [2.05, 4.69) is 11.4 Å². The van der Waals surface area contributed by atoms with Gasteiger partial charge in [0.2, 0.25) is 0 Å². The summed E-state index contributed by atoms with van der Waals surface area (Å²) in [4.78, 5) is 52.3. The van der Waals surface area contributed by atoms with Gasteiger partial charge in [-0.3, -0.25) is 19.3 Å². The van der Waals surface area contributed by atoms with Gasteiger partial charge in [-0.15, -0.1) is 0 Å². The summed E-state index contributed by atoms with van der Waals surface area (Å²) in [6, 6.07) is 1.65. The molecule has 30 heavy (non-hydrogen) atoms. The zero-order valence-corrected chi connectivity index (χ0v) is 17.7. The third-order valence-corrected chi connectivity index (χ3v) is 7.05. The number of esters is 1. The Morgan fingerprint density at radius 3 is 2.50 bits per heavy atom. The summed E-state index contributed by atoms with van der Waals surface area (Å²) in [6.07, 6.45) is 7.23. The summed E-state index contributed by atoms with van der Waals surface area (Å²) in [6.45, 7) is 0.882. The molecule has 0 unspecified atom stereocenters. The number of hydrogen-bond donors (Lipinski definition) is 1. The monoisotopic (exact) mass is 418 g/mol. The van der Waals surface area contributed by atoms with Gasteiger partial charge in [0.15, 0.2) is 6.61 Å². The van der Waals surface area contributed by atoms with Crippen molar-refractivity contribution in [3.8, 4) is 6.07 Å². The number of urea groups is 1. The zero-order valence-electron chi connectivity index (χ0n) is 17.7. The summed E-state index contributed by atoms with van der Waals surface area (Å²) in [5.74, 6) is -1.70. The number of nitrogens with one attached hydrogen (secondary N) is 1. The van der Waals surface area contributed by atoms with Gasteiger partial charge in [0.1, 0.15) is 17.6 Å². The molecule has 0 radical (unpaired) electrons. The Labute approximate surface area is 176 Å². The fraction of sp³-hybridized carbons (Fsp3) is 0.762. The second-order valence-electron chi connectivity index (χ2n) is 8.76.